The molecule has 2 saturated heterocycles. The van der Waals surface area contributed by atoms with Gasteiger partial charge in [0, 0.05) is 44.3 Å². The van der Waals surface area contributed by atoms with Crippen LogP contribution in [0.3, 0.4) is 0 Å². The van der Waals surface area contributed by atoms with E-state index in [2.05, 4.69) is 22.3 Å². The lowest BCUT2D eigenvalue weighted by Gasteiger charge is -2.33. The van der Waals surface area contributed by atoms with Gasteiger partial charge in [-0.15, -0.1) is 0 Å². The Labute approximate surface area is 148 Å². The minimum Gasteiger partial charge on any atom is -0.375 e. The minimum absolute atomic E-state index is 0.0559. The first-order valence-corrected chi connectivity index (χ1v) is 9.12. The summed E-state index contributed by atoms with van der Waals surface area (Å²) in [5.41, 5.74) is 1.26. The molecule has 0 spiro atoms. The maximum atomic E-state index is 12.8. The number of benzene rings is 1. The number of carbonyl (C=O) groups is 1. The van der Waals surface area contributed by atoms with E-state index >= 15 is 0 Å². The predicted molar refractivity (Wildman–Crippen MR) is 95.1 cm³/mol. The van der Waals surface area contributed by atoms with Crippen molar-refractivity contribution < 1.29 is 9.53 Å². The lowest BCUT2D eigenvalue weighted by molar-refractivity contribution is -0.139. The summed E-state index contributed by atoms with van der Waals surface area (Å²) < 4.78 is 5.61. The van der Waals surface area contributed by atoms with Crippen molar-refractivity contribution >= 4 is 17.5 Å². The molecule has 6 heteroatoms. The summed E-state index contributed by atoms with van der Waals surface area (Å²) >= 11 is 5.95. The van der Waals surface area contributed by atoms with Gasteiger partial charge in [-0.2, -0.15) is 0 Å². The number of hydrogen-bond donors (Lipinski definition) is 1. The summed E-state index contributed by atoms with van der Waals surface area (Å²) in [5, 5.41) is 4.07. The first kappa shape index (κ1) is 17.7. The average molecular weight is 352 g/mol. The maximum absolute atomic E-state index is 12.8. The van der Waals surface area contributed by atoms with Gasteiger partial charge in [0.15, 0.2) is 0 Å². The molecule has 2 aliphatic heterocycles. The average Bonchev–Trinajstić information content (AvgIpc) is 2.82. The predicted octanol–water partition coefficient (Wildman–Crippen LogP) is 1.75. The number of halogens is 1. The Balaban J connectivity index is 1.54. The Hall–Kier alpha value is -1.14. The van der Waals surface area contributed by atoms with Crippen molar-refractivity contribution in [2.75, 3.05) is 39.3 Å². The Morgan fingerprint density at radius 1 is 1.25 bits per heavy atom. The van der Waals surface area contributed by atoms with E-state index in [1.54, 1.807) is 0 Å². The van der Waals surface area contributed by atoms with Crippen LogP contribution in [0.15, 0.2) is 24.3 Å². The molecule has 3 rings (SSSR count). The Bertz CT molecular complexity index is 552. The van der Waals surface area contributed by atoms with Crippen LogP contribution < -0.4 is 5.32 Å². The van der Waals surface area contributed by atoms with Crippen molar-refractivity contribution in [2.24, 2.45) is 0 Å². The highest BCUT2D eigenvalue weighted by Gasteiger charge is 2.32. The van der Waals surface area contributed by atoms with Gasteiger partial charge >= 0.3 is 0 Å². The lowest BCUT2D eigenvalue weighted by Crippen LogP contribution is -2.56. The highest BCUT2D eigenvalue weighted by Crippen LogP contribution is 2.14. The molecule has 2 fully saturated rings. The highest BCUT2D eigenvalue weighted by molar-refractivity contribution is 6.30. The van der Waals surface area contributed by atoms with Gasteiger partial charge in [-0.3, -0.25) is 9.69 Å². The van der Waals surface area contributed by atoms with Gasteiger partial charge in [0.1, 0.15) is 6.04 Å². The second-order valence-electron chi connectivity index (χ2n) is 6.59. The van der Waals surface area contributed by atoms with Crippen molar-refractivity contribution in [3.05, 3.63) is 34.9 Å². The van der Waals surface area contributed by atoms with E-state index in [1.807, 2.05) is 24.0 Å². The molecule has 1 N–H and O–H groups in total. The zero-order valence-electron chi connectivity index (χ0n) is 14.2. The van der Waals surface area contributed by atoms with Crippen LogP contribution in [0.1, 0.15) is 18.9 Å². The van der Waals surface area contributed by atoms with Crippen molar-refractivity contribution in [1.82, 2.24) is 15.1 Å². The largest absolute Gasteiger partial charge is 0.375 e. The van der Waals surface area contributed by atoms with Crippen molar-refractivity contribution in [3.8, 4) is 0 Å². The zero-order chi connectivity index (χ0) is 16.9. The smallest absolute Gasteiger partial charge is 0.242 e. The summed E-state index contributed by atoms with van der Waals surface area (Å²) in [6, 6.07) is 7.80. The number of morpholine rings is 1. The Morgan fingerprint density at radius 2 is 2.04 bits per heavy atom. The fourth-order valence-electron chi connectivity index (χ4n) is 3.40. The van der Waals surface area contributed by atoms with Gasteiger partial charge in [0.25, 0.3) is 0 Å². The summed E-state index contributed by atoms with van der Waals surface area (Å²) in [7, 11) is 0. The highest BCUT2D eigenvalue weighted by atomic mass is 35.5. The summed E-state index contributed by atoms with van der Waals surface area (Å²) in [6.07, 6.45) is 0.945. The number of carbonyl (C=O) groups excluding carboxylic acids is 1. The van der Waals surface area contributed by atoms with Gasteiger partial charge in [0.05, 0.1) is 12.7 Å². The van der Waals surface area contributed by atoms with E-state index < -0.39 is 0 Å². The second kappa shape index (κ2) is 8.30. The molecule has 132 valence electrons. The first-order valence-electron chi connectivity index (χ1n) is 8.74. The van der Waals surface area contributed by atoms with Crippen LogP contribution in [0.25, 0.3) is 0 Å². The molecule has 1 aromatic rings. The number of rotatable bonds is 3. The number of nitrogens with zero attached hydrogens (tertiary/aromatic N) is 2. The normalized spacial score (nSPS) is 26.2. The minimum atomic E-state index is -0.207. The maximum Gasteiger partial charge on any atom is 0.242 e. The summed E-state index contributed by atoms with van der Waals surface area (Å²) in [5.74, 6) is 0.176. The van der Waals surface area contributed by atoms with Gasteiger partial charge in [-0.25, -0.2) is 0 Å². The van der Waals surface area contributed by atoms with E-state index in [0.717, 1.165) is 50.7 Å². The summed E-state index contributed by atoms with van der Waals surface area (Å²) in [6.45, 7) is 7.81. The first-order chi connectivity index (χ1) is 11.6. The van der Waals surface area contributed by atoms with Crippen molar-refractivity contribution in [1.29, 1.82) is 0 Å². The molecule has 2 atom stereocenters. The topological polar surface area (TPSA) is 44.8 Å². The molecule has 1 amide bonds. The standard InChI is InChI=1S/C18H26ClN3O2/c1-14-17(20-7-12-24-14)18(23)22-9-2-8-21(10-11-22)13-15-3-5-16(19)6-4-15/h3-6,14,17,20H,2,7-13H2,1H3/t14-,17+/m1/s1. The molecule has 0 unspecified atom stereocenters. The third kappa shape index (κ3) is 4.48. The molecule has 2 aliphatic rings. The van der Waals surface area contributed by atoms with Crippen LogP contribution in [0.4, 0.5) is 0 Å². The molecule has 0 radical (unpaired) electrons. The van der Waals surface area contributed by atoms with Crippen LogP contribution in [-0.4, -0.2) is 67.2 Å². The molecule has 0 aromatic heterocycles. The van der Waals surface area contributed by atoms with E-state index in [-0.39, 0.29) is 18.1 Å². The van der Waals surface area contributed by atoms with Gasteiger partial charge < -0.3 is 15.0 Å². The zero-order valence-corrected chi connectivity index (χ0v) is 15.0. The SMILES string of the molecule is C[C@H]1OCCN[C@@H]1C(=O)N1CCCN(Cc2ccc(Cl)cc2)CC1. The molecule has 0 saturated carbocycles. The van der Waals surface area contributed by atoms with Crippen LogP contribution in [-0.2, 0) is 16.1 Å². The fourth-order valence-corrected chi connectivity index (χ4v) is 3.53. The molecule has 0 aliphatic carbocycles. The van der Waals surface area contributed by atoms with E-state index in [4.69, 9.17) is 16.3 Å². The lowest BCUT2D eigenvalue weighted by atomic mass is 10.1. The molecule has 24 heavy (non-hydrogen) atoms. The molecule has 2 heterocycles. The molecular weight excluding hydrogens is 326 g/mol. The molecular formula is C18H26ClN3O2. The van der Waals surface area contributed by atoms with Crippen LogP contribution >= 0.6 is 11.6 Å². The number of nitrogens with one attached hydrogen (secondary N) is 1. The number of ether oxygens (including phenoxy) is 1. The number of hydrogen-bond acceptors (Lipinski definition) is 4. The van der Waals surface area contributed by atoms with E-state index in [1.165, 1.54) is 5.56 Å². The van der Waals surface area contributed by atoms with Crippen LogP contribution in [0, 0.1) is 0 Å². The third-order valence-corrected chi connectivity index (χ3v) is 5.05. The van der Waals surface area contributed by atoms with Gasteiger partial charge in [0.2, 0.25) is 5.91 Å². The molecule has 5 nitrogen and oxygen atoms in total. The third-order valence-electron chi connectivity index (χ3n) is 4.80. The van der Waals surface area contributed by atoms with Crippen LogP contribution in [0.5, 0.6) is 0 Å². The molecule has 1 aromatic carbocycles. The second-order valence-corrected chi connectivity index (χ2v) is 7.03. The van der Waals surface area contributed by atoms with Gasteiger partial charge in [-0.05, 0) is 31.0 Å². The quantitative estimate of drug-likeness (QED) is 0.901. The van der Waals surface area contributed by atoms with Crippen molar-refractivity contribution in [2.45, 2.75) is 32.0 Å². The number of amides is 1. The van der Waals surface area contributed by atoms with Gasteiger partial charge in [-0.1, -0.05) is 23.7 Å². The fraction of sp³-hybridized carbons (Fsp3) is 0.611. The monoisotopic (exact) mass is 351 g/mol. The molecule has 0 bridgehead atoms. The van der Waals surface area contributed by atoms with E-state index in [0.29, 0.717) is 6.61 Å². The Morgan fingerprint density at radius 3 is 2.79 bits per heavy atom. The Kier molecular flexibility index (Phi) is 6.11. The van der Waals surface area contributed by atoms with Crippen LogP contribution in [0.2, 0.25) is 5.02 Å². The summed E-state index contributed by atoms with van der Waals surface area (Å²) in [4.78, 5) is 17.2. The van der Waals surface area contributed by atoms with E-state index in [9.17, 15) is 4.79 Å². The van der Waals surface area contributed by atoms with Crippen molar-refractivity contribution in [3.63, 3.8) is 0 Å².